The molecule has 0 saturated carbocycles. The van der Waals surface area contributed by atoms with Crippen molar-refractivity contribution < 1.29 is 9.53 Å². The lowest BCUT2D eigenvalue weighted by molar-refractivity contribution is -0.137. The van der Waals surface area contributed by atoms with Gasteiger partial charge in [-0.2, -0.15) is 0 Å². The van der Waals surface area contributed by atoms with Crippen LogP contribution in [0.2, 0.25) is 0 Å². The first-order valence-corrected chi connectivity index (χ1v) is 9.35. The standard InChI is InChI=1S/C24H23NO2/c26-23-19-27-24(21-12-6-2-7-13-21,22-14-8-3-9-15-22)16-17-25(23)18-20-10-4-1-5-11-20/h1-15H,16-19H2. The van der Waals surface area contributed by atoms with Gasteiger partial charge in [0.1, 0.15) is 12.2 Å². The van der Waals surface area contributed by atoms with E-state index in [9.17, 15) is 4.79 Å². The van der Waals surface area contributed by atoms with Gasteiger partial charge in [0.2, 0.25) is 5.91 Å². The van der Waals surface area contributed by atoms with Gasteiger partial charge in [-0.15, -0.1) is 0 Å². The molecule has 3 nitrogen and oxygen atoms in total. The Morgan fingerprint density at radius 2 is 1.30 bits per heavy atom. The van der Waals surface area contributed by atoms with E-state index in [1.165, 1.54) is 0 Å². The average Bonchev–Trinajstić information content (AvgIpc) is 2.90. The van der Waals surface area contributed by atoms with Gasteiger partial charge in [-0.25, -0.2) is 0 Å². The summed E-state index contributed by atoms with van der Waals surface area (Å²) in [6.45, 7) is 1.34. The van der Waals surface area contributed by atoms with E-state index in [-0.39, 0.29) is 12.5 Å². The largest absolute Gasteiger partial charge is 0.356 e. The first-order chi connectivity index (χ1) is 13.3. The lowest BCUT2D eigenvalue weighted by atomic mass is 9.83. The van der Waals surface area contributed by atoms with Crippen LogP contribution in [0.25, 0.3) is 0 Å². The number of carbonyl (C=O) groups is 1. The third kappa shape index (κ3) is 3.64. The Bertz CT molecular complexity index is 839. The van der Waals surface area contributed by atoms with E-state index in [0.29, 0.717) is 13.1 Å². The van der Waals surface area contributed by atoms with Crippen LogP contribution in [0.4, 0.5) is 0 Å². The quantitative estimate of drug-likeness (QED) is 0.693. The van der Waals surface area contributed by atoms with Crippen LogP contribution in [0.5, 0.6) is 0 Å². The van der Waals surface area contributed by atoms with Crippen LogP contribution < -0.4 is 0 Å². The molecule has 0 atom stereocenters. The zero-order chi connectivity index (χ0) is 18.5. The van der Waals surface area contributed by atoms with Gasteiger partial charge < -0.3 is 9.64 Å². The molecule has 0 spiro atoms. The van der Waals surface area contributed by atoms with Gasteiger partial charge in [0.15, 0.2) is 0 Å². The van der Waals surface area contributed by atoms with Crippen molar-refractivity contribution in [1.82, 2.24) is 4.90 Å². The fourth-order valence-corrected chi connectivity index (χ4v) is 3.77. The third-order valence-corrected chi connectivity index (χ3v) is 5.22. The van der Waals surface area contributed by atoms with Gasteiger partial charge in [-0.1, -0.05) is 91.0 Å². The molecule has 0 bridgehead atoms. The zero-order valence-corrected chi connectivity index (χ0v) is 15.3. The summed E-state index contributed by atoms with van der Waals surface area (Å²) in [4.78, 5) is 14.7. The van der Waals surface area contributed by atoms with Gasteiger partial charge in [-0.3, -0.25) is 4.79 Å². The Labute approximate surface area is 160 Å². The van der Waals surface area contributed by atoms with Crippen LogP contribution in [0.1, 0.15) is 23.1 Å². The topological polar surface area (TPSA) is 29.5 Å². The molecule has 1 saturated heterocycles. The number of benzene rings is 3. The normalized spacial score (nSPS) is 16.7. The number of amides is 1. The highest BCUT2D eigenvalue weighted by molar-refractivity contribution is 5.78. The molecule has 3 aromatic rings. The van der Waals surface area contributed by atoms with Crippen LogP contribution in [0.3, 0.4) is 0 Å². The van der Waals surface area contributed by atoms with E-state index in [2.05, 4.69) is 36.4 Å². The van der Waals surface area contributed by atoms with Crippen LogP contribution in [0.15, 0.2) is 91.0 Å². The van der Waals surface area contributed by atoms with Crippen molar-refractivity contribution in [3.63, 3.8) is 0 Å². The Kier molecular flexibility index (Phi) is 5.03. The first kappa shape index (κ1) is 17.5. The molecule has 0 unspecified atom stereocenters. The second-order valence-electron chi connectivity index (χ2n) is 6.90. The number of hydrogen-bond acceptors (Lipinski definition) is 2. The highest BCUT2D eigenvalue weighted by atomic mass is 16.5. The number of hydrogen-bond donors (Lipinski definition) is 0. The van der Waals surface area contributed by atoms with Crippen molar-refractivity contribution in [3.8, 4) is 0 Å². The lowest BCUT2D eigenvalue weighted by Crippen LogP contribution is -2.32. The van der Waals surface area contributed by atoms with Crippen molar-refractivity contribution in [2.75, 3.05) is 13.2 Å². The molecule has 0 N–H and O–H groups in total. The van der Waals surface area contributed by atoms with Crippen molar-refractivity contribution in [3.05, 3.63) is 108 Å². The number of ether oxygens (including phenoxy) is 1. The Balaban J connectivity index is 1.67. The second kappa shape index (κ2) is 7.77. The molecule has 27 heavy (non-hydrogen) atoms. The summed E-state index contributed by atoms with van der Waals surface area (Å²) in [6.07, 6.45) is 0.722. The highest BCUT2D eigenvalue weighted by Gasteiger charge is 2.39. The van der Waals surface area contributed by atoms with Gasteiger partial charge >= 0.3 is 0 Å². The fraction of sp³-hybridized carbons (Fsp3) is 0.208. The molecule has 136 valence electrons. The third-order valence-electron chi connectivity index (χ3n) is 5.22. The van der Waals surface area contributed by atoms with Gasteiger partial charge in [0.05, 0.1) is 0 Å². The summed E-state index contributed by atoms with van der Waals surface area (Å²) in [5, 5.41) is 0. The van der Waals surface area contributed by atoms with E-state index in [1.807, 2.05) is 59.5 Å². The van der Waals surface area contributed by atoms with E-state index in [0.717, 1.165) is 23.1 Å². The van der Waals surface area contributed by atoms with Gasteiger partial charge in [0.25, 0.3) is 0 Å². The summed E-state index contributed by atoms with van der Waals surface area (Å²) in [7, 11) is 0. The molecule has 0 aromatic heterocycles. The van der Waals surface area contributed by atoms with E-state index < -0.39 is 5.60 Å². The summed E-state index contributed by atoms with van der Waals surface area (Å²) in [5.74, 6) is 0.0348. The van der Waals surface area contributed by atoms with Crippen molar-refractivity contribution >= 4 is 5.91 Å². The first-order valence-electron chi connectivity index (χ1n) is 9.35. The molecule has 1 heterocycles. The van der Waals surface area contributed by atoms with Crippen LogP contribution >= 0.6 is 0 Å². The number of rotatable bonds is 4. The maximum atomic E-state index is 12.8. The SMILES string of the molecule is O=C1COC(c2ccccc2)(c2ccccc2)CCN1Cc1ccccc1. The second-order valence-corrected chi connectivity index (χ2v) is 6.90. The Morgan fingerprint density at radius 1 is 0.778 bits per heavy atom. The molecular formula is C24H23NO2. The molecular weight excluding hydrogens is 334 g/mol. The van der Waals surface area contributed by atoms with Crippen LogP contribution in [-0.2, 0) is 21.7 Å². The maximum Gasteiger partial charge on any atom is 0.248 e. The summed E-state index contributed by atoms with van der Waals surface area (Å²) < 4.78 is 6.35. The minimum absolute atomic E-state index is 0.0348. The minimum atomic E-state index is -0.608. The summed E-state index contributed by atoms with van der Waals surface area (Å²) in [6, 6.07) is 30.6. The maximum absolute atomic E-state index is 12.8. The predicted molar refractivity (Wildman–Crippen MR) is 106 cm³/mol. The van der Waals surface area contributed by atoms with E-state index in [4.69, 9.17) is 4.74 Å². The van der Waals surface area contributed by atoms with Crippen LogP contribution in [0, 0.1) is 0 Å². The molecule has 3 heteroatoms. The highest BCUT2D eigenvalue weighted by Crippen LogP contribution is 2.38. The zero-order valence-electron chi connectivity index (χ0n) is 15.3. The van der Waals surface area contributed by atoms with Crippen molar-refractivity contribution in [2.24, 2.45) is 0 Å². The number of carbonyl (C=O) groups excluding carboxylic acids is 1. The van der Waals surface area contributed by atoms with E-state index >= 15 is 0 Å². The minimum Gasteiger partial charge on any atom is -0.356 e. The number of nitrogens with zero attached hydrogens (tertiary/aromatic N) is 1. The lowest BCUT2D eigenvalue weighted by Gasteiger charge is -2.33. The molecule has 0 aliphatic carbocycles. The summed E-state index contributed by atoms with van der Waals surface area (Å²) >= 11 is 0. The molecule has 4 rings (SSSR count). The van der Waals surface area contributed by atoms with Gasteiger partial charge in [-0.05, 0) is 16.7 Å². The van der Waals surface area contributed by atoms with Crippen molar-refractivity contribution in [2.45, 2.75) is 18.6 Å². The molecule has 0 radical (unpaired) electrons. The Hall–Kier alpha value is -2.91. The molecule has 1 aliphatic rings. The van der Waals surface area contributed by atoms with Crippen LogP contribution in [-0.4, -0.2) is 24.0 Å². The molecule has 1 fully saturated rings. The van der Waals surface area contributed by atoms with Crippen molar-refractivity contribution in [1.29, 1.82) is 0 Å². The molecule has 1 aliphatic heterocycles. The Morgan fingerprint density at radius 3 is 1.85 bits per heavy atom. The molecule has 3 aromatic carbocycles. The molecule has 1 amide bonds. The smallest absolute Gasteiger partial charge is 0.248 e. The predicted octanol–water partition coefficient (Wildman–Crippen LogP) is 4.38. The van der Waals surface area contributed by atoms with Gasteiger partial charge in [0, 0.05) is 19.5 Å². The monoisotopic (exact) mass is 357 g/mol. The average molecular weight is 357 g/mol. The fourth-order valence-electron chi connectivity index (χ4n) is 3.77. The van der Waals surface area contributed by atoms with E-state index in [1.54, 1.807) is 0 Å². The summed E-state index contributed by atoms with van der Waals surface area (Å²) in [5.41, 5.74) is 2.71.